The normalized spacial score (nSPS) is 10.2. The summed E-state index contributed by atoms with van der Waals surface area (Å²) in [4.78, 5) is 25.5. The van der Waals surface area contributed by atoms with Gasteiger partial charge in [0.25, 0.3) is 11.8 Å². The molecule has 3 aromatic rings. The predicted octanol–water partition coefficient (Wildman–Crippen LogP) is 4.82. The molecule has 0 unspecified atom stereocenters. The third-order valence-corrected chi connectivity index (χ3v) is 4.49. The largest absolute Gasteiger partial charge is 0.496 e. The van der Waals surface area contributed by atoms with Gasteiger partial charge in [0.2, 0.25) is 0 Å². The lowest BCUT2D eigenvalue weighted by Gasteiger charge is -2.13. The summed E-state index contributed by atoms with van der Waals surface area (Å²) in [7, 11) is 1.49. The Labute approximate surface area is 164 Å². The van der Waals surface area contributed by atoms with Crippen molar-refractivity contribution in [3.8, 4) is 5.75 Å². The molecule has 0 spiro atoms. The molecule has 0 atom stereocenters. The van der Waals surface area contributed by atoms with Gasteiger partial charge in [-0.15, -0.1) is 0 Å². The number of benzene rings is 3. The summed E-state index contributed by atoms with van der Waals surface area (Å²) in [5, 5.41) is 5.75. The van der Waals surface area contributed by atoms with E-state index in [4.69, 9.17) is 4.74 Å². The number of ether oxygens (including phenoxy) is 1. The number of anilines is 2. The van der Waals surface area contributed by atoms with Crippen LogP contribution in [0.4, 0.5) is 11.4 Å². The zero-order valence-corrected chi connectivity index (χ0v) is 16.1. The molecule has 28 heavy (non-hydrogen) atoms. The van der Waals surface area contributed by atoms with Gasteiger partial charge < -0.3 is 15.4 Å². The number of hydrogen-bond acceptors (Lipinski definition) is 3. The van der Waals surface area contributed by atoms with Crippen LogP contribution in [0.5, 0.6) is 5.75 Å². The molecule has 0 saturated carbocycles. The van der Waals surface area contributed by atoms with Gasteiger partial charge in [0, 0.05) is 16.9 Å². The highest BCUT2D eigenvalue weighted by atomic mass is 16.5. The summed E-state index contributed by atoms with van der Waals surface area (Å²) in [5.41, 5.74) is 4.02. The fourth-order valence-electron chi connectivity index (χ4n) is 2.84. The molecule has 0 heterocycles. The molecule has 3 rings (SSSR count). The van der Waals surface area contributed by atoms with Crippen LogP contribution in [0.25, 0.3) is 0 Å². The molecule has 5 heteroatoms. The van der Waals surface area contributed by atoms with Crippen molar-refractivity contribution in [2.45, 2.75) is 13.8 Å². The molecule has 5 nitrogen and oxygen atoms in total. The minimum Gasteiger partial charge on any atom is -0.496 e. The van der Waals surface area contributed by atoms with Gasteiger partial charge in [0.05, 0.1) is 12.7 Å². The van der Waals surface area contributed by atoms with Crippen LogP contribution in [0.3, 0.4) is 0 Å². The van der Waals surface area contributed by atoms with Gasteiger partial charge >= 0.3 is 0 Å². The molecule has 0 aliphatic carbocycles. The second kappa shape index (κ2) is 8.39. The third kappa shape index (κ3) is 4.20. The second-order valence-electron chi connectivity index (χ2n) is 6.45. The highest BCUT2D eigenvalue weighted by Crippen LogP contribution is 2.23. The van der Waals surface area contributed by atoms with Gasteiger partial charge in [-0.1, -0.05) is 36.4 Å². The SMILES string of the molecule is COc1ccc(C(=O)Nc2ccccc2C)cc1C(=O)Nc1ccccc1C. The van der Waals surface area contributed by atoms with Gasteiger partial charge in [0.1, 0.15) is 5.75 Å². The summed E-state index contributed by atoms with van der Waals surface area (Å²) in [6.07, 6.45) is 0. The maximum atomic E-state index is 12.8. The number of nitrogens with one attached hydrogen (secondary N) is 2. The van der Waals surface area contributed by atoms with E-state index >= 15 is 0 Å². The molecule has 0 bridgehead atoms. The highest BCUT2D eigenvalue weighted by Gasteiger charge is 2.17. The maximum Gasteiger partial charge on any atom is 0.259 e. The summed E-state index contributed by atoms with van der Waals surface area (Å²) >= 11 is 0. The Hall–Kier alpha value is -3.60. The van der Waals surface area contributed by atoms with Gasteiger partial charge in [0.15, 0.2) is 0 Å². The van der Waals surface area contributed by atoms with Crippen molar-refractivity contribution in [3.63, 3.8) is 0 Å². The van der Waals surface area contributed by atoms with Crippen LogP contribution in [-0.4, -0.2) is 18.9 Å². The van der Waals surface area contributed by atoms with E-state index in [1.807, 2.05) is 62.4 Å². The fraction of sp³-hybridized carbons (Fsp3) is 0.130. The smallest absolute Gasteiger partial charge is 0.259 e. The number of carbonyl (C=O) groups is 2. The molecular weight excluding hydrogens is 352 g/mol. The maximum absolute atomic E-state index is 12.8. The average Bonchev–Trinajstić information content (AvgIpc) is 2.70. The van der Waals surface area contributed by atoms with E-state index in [1.54, 1.807) is 18.2 Å². The Morgan fingerprint density at radius 1 is 0.750 bits per heavy atom. The van der Waals surface area contributed by atoms with Crippen LogP contribution in [0, 0.1) is 13.8 Å². The first-order chi connectivity index (χ1) is 13.5. The van der Waals surface area contributed by atoms with E-state index in [0.717, 1.165) is 16.8 Å². The average molecular weight is 374 g/mol. The van der Waals surface area contributed by atoms with Crippen LogP contribution >= 0.6 is 0 Å². The summed E-state index contributed by atoms with van der Waals surface area (Å²) in [5.74, 6) is -0.225. The van der Waals surface area contributed by atoms with Gasteiger partial charge in [-0.2, -0.15) is 0 Å². The lowest BCUT2D eigenvalue weighted by Crippen LogP contribution is -2.17. The fourth-order valence-corrected chi connectivity index (χ4v) is 2.84. The van der Waals surface area contributed by atoms with Gasteiger partial charge in [-0.3, -0.25) is 9.59 Å². The topological polar surface area (TPSA) is 67.4 Å². The van der Waals surface area contributed by atoms with Crippen molar-refractivity contribution in [1.29, 1.82) is 0 Å². The molecule has 142 valence electrons. The Kier molecular flexibility index (Phi) is 5.75. The number of amides is 2. The van der Waals surface area contributed by atoms with E-state index in [9.17, 15) is 9.59 Å². The number of methoxy groups -OCH3 is 1. The number of rotatable bonds is 5. The molecule has 0 aliphatic rings. The van der Waals surface area contributed by atoms with Crippen molar-refractivity contribution in [2.75, 3.05) is 17.7 Å². The Morgan fingerprint density at radius 2 is 1.29 bits per heavy atom. The first-order valence-electron chi connectivity index (χ1n) is 8.91. The zero-order chi connectivity index (χ0) is 20.1. The van der Waals surface area contributed by atoms with Crippen LogP contribution in [0.2, 0.25) is 0 Å². The van der Waals surface area contributed by atoms with Crippen molar-refractivity contribution in [3.05, 3.63) is 89.0 Å². The summed E-state index contributed by atoms with van der Waals surface area (Å²) in [6, 6.07) is 19.8. The van der Waals surface area contributed by atoms with Crippen LogP contribution in [0.1, 0.15) is 31.8 Å². The summed E-state index contributed by atoms with van der Waals surface area (Å²) < 4.78 is 5.31. The molecule has 0 aromatic heterocycles. The van der Waals surface area contributed by atoms with Gasteiger partial charge in [-0.25, -0.2) is 0 Å². The lowest BCUT2D eigenvalue weighted by atomic mass is 10.1. The molecule has 0 fully saturated rings. The number of carbonyl (C=O) groups excluding carboxylic acids is 2. The van der Waals surface area contributed by atoms with Crippen molar-refractivity contribution < 1.29 is 14.3 Å². The third-order valence-electron chi connectivity index (χ3n) is 4.49. The Balaban J connectivity index is 1.87. The monoisotopic (exact) mass is 374 g/mol. The molecule has 0 radical (unpaired) electrons. The number of aryl methyl sites for hydroxylation is 2. The zero-order valence-electron chi connectivity index (χ0n) is 16.1. The van der Waals surface area contributed by atoms with Crippen molar-refractivity contribution in [2.24, 2.45) is 0 Å². The quantitative estimate of drug-likeness (QED) is 0.673. The molecule has 0 saturated heterocycles. The van der Waals surface area contributed by atoms with E-state index in [2.05, 4.69) is 10.6 Å². The molecule has 2 N–H and O–H groups in total. The van der Waals surface area contributed by atoms with Crippen LogP contribution < -0.4 is 15.4 Å². The molecule has 0 aliphatic heterocycles. The number of hydrogen-bond donors (Lipinski definition) is 2. The standard InChI is InChI=1S/C23H22N2O3/c1-15-8-4-6-10-19(15)24-22(26)17-12-13-21(28-3)18(14-17)23(27)25-20-11-7-5-9-16(20)2/h4-14H,1-3H3,(H,24,26)(H,25,27). The predicted molar refractivity (Wildman–Crippen MR) is 111 cm³/mol. The van der Waals surface area contributed by atoms with Crippen LogP contribution in [-0.2, 0) is 0 Å². The van der Waals surface area contributed by atoms with E-state index in [1.165, 1.54) is 7.11 Å². The molecule has 2 amide bonds. The highest BCUT2D eigenvalue weighted by molar-refractivity contribution is 6.10. The second-order valence-corrected chi connectivity index (χ2v) is 6.45. The van der Waals surface area contributed by atoms with Crippen molar-refractivity contribution >= 4 is 23.2 Å². The van der Waals surface area contributed by atoms with E-state index < -0.39 is 0 Å². The van der Waals surface area contributed by atoms with Gasteiger partial charge in [-0.05, 0) is 55.3 Å². The summed E-state index contributed by atoms with van der Waals surface area (Å²) in [6.45, 7) is 3.84. The Morgan fingerprint density at radius 3 is 1.82 bits per heavy atom. The van der Waals surface area contributed by atoms with Crippen LogP contribution in [0.15, 0.2) is 66.7 Å². The van der Waals surface area contributed by atoms with E-state index in [-0.39, 0.29) is 11.8 Å². The minimum atomic E-state index is -0.336. The lowest BCUT2D eigenvalue weighted by molar-refractivity contribution is 0.102. The number of para-hydroxylation sites is 2. The van der Waals surface area contributed by atoms with Crippen molar-refractivity contribution in [1.82, 2.24) is 0 Å². The van der Waals surface area contributed by atoms with E-state index in [0.29, 0.717) is 22.6 Å². The first kappa shape index (κ1) is 19.2. The minimum absolute atomic E-state index is 0.290. The Bertz CT molecular complexity index is 1030. The molecule has 3 aromatic carbocycles. The molecular formula is C23H22N2O3. The first-order valence-corrected chi connectivity index (χ1v) is 8.91.